The number of hydrogen-bond donors (Lipinski definition) is 1. The van der Waals surface area contributed by atoms with Crippen LogP contribution in [-0.2, 0) is 21.2 Å². The van der Waals surface area contributed by atoms with Gasteiger partial charge in [0.25, 0.3) is 0 Å². The first-order valence-corrected chi connectivity index (χ1v) is 10.0. The Labute approximate surface area is 142 Å². The van der Waals surface area contributed by atoms with Crippen LogP contribution in [0.2, 0.25) is 0 Å². The lowest BCUT2D eigenvalue weighted by Gasteiger charge is -2.36. The van der Waals surface area contributed by atoms with Gasteiger partial charge in [-0.25, -0.2) is 8.42 Å². The van der Waals surface area contributed by atoms with Crippen molar-refractivity contribution in [1.29, 1.82) is 0 Å². The number of sulfonamides is 1. The van der Waals surface area contributed by atoms with Gasteiger partial charge in [0.15, 0.2) is 0 Å². The first kappa shape index (κ1) is 16.1. The summed E-state index contributed by atoms with van der Waals surface area (Å²) in [6.07, 6.45) is 3.94. The van der Waals surface area contributed by atoms with Gasteiger partial charge in [-0.05, 0) is 69.6 Å². The van der Waals surface area contributed by atoms with Crippen LogP contribution >= 0.6 is 0 Å². The third-order valence-electron chi connectivity index (χ3n) is 5.23. The molecule has 2 aliphatic heterocycles. The Morgan fingerprint density at radius 2 is 1.79 bits per heavy atom. The lowest BCUT2D eigenvalue weighted by Crippen LogP contribution is -2.47. The molecule has 2 fully saturated rings. The third kappa shape index (κ3) is 2.85. The molecule has 3 aliphatic rings. The van der Waals surface area contributed by atoms with Gasteiger partial charge in [-0.15, -0.1) is 0 Å². The summed E-state index contributed by atoms with van der Waals surface area (Å²) < 4.78 is 28.3. The fourth-order valence-electron chi connectivity index (χ4n) is 3.76. The van der Waals surface area contributed by atoms with Gasteiger partial charge in [0.05, 0.1) is 11.3 Å². The van der Waals surface area contributed by atoms with Gasteiger partial charge in [0.2, 0.25) is 15.9 Å². The third-order valence-corrected chi connectivity index (χ3v) is 7.23. The van der Waals surface area contributed by atoms with E-state index in [-0.39, 0.29) is 24.4 Å². The van der Waals surface area contributed by atoms with E-state index >= 15 is 0 Å². The fraction of sp³-hybridized carbons (Fsp3) is 0.588. The topological polar surface area (TPSA) is 69.7 Å². The lowest BCUT2D eigenvalue weighted by atomic mass is 10.1. The van der Waals surface area contributed by atoms with E-state index in [9.17, 15) is 13.2 Å². The predicted octanol–water partition coefficient (Wildman–Crippen LogP) is 1.43. The molecule has 0 bridgehead atoms. The van der Waals surface area contributed by atoms with Crippen LogP contribution in [0.5, 0.6) is 0 Å². The summed E-state index contributed by atoms with van der Waals surface area (Å²) in [7, 11) is -1.44. The quantitative estimate of drug-likeness (QED) is 0.893. The number of fused-ring (bicyclic) bond motifs is 1. The molecule has 1 amide bonds. The molecule has 1 aromatic carbocycles. The number of carbonyl (C=O) groups excluding carboxylic acids is 1. The first-order chi connectivity index (χ1) is 11.4. The highest BCUT2D eigenvalue weighted by Crippen LogP contribution is 2.37. The molecule has 24 heavy (non-hydrogen) atoms. The minimum Gasteiger partial charge on any atom is -0.326 e. The molecular weight excluding hydrogens is 326 g/mol. The molecular formula is C17H23N3O3S. The highest BCUT2D eigenvalue weighted by atomic mass is 32.2. The molecule has 0 spiro atoms. The molecule has 7 heteroatoms. The summed E-state index contributed by atoms with van der Waals surface area (Å²) in [4.78, 5) is 14.1. The Balaban J connectivity index is 1.65. The van der Waals surface area contributed by atoms with Crippen molar-refractivity contribution in [2.24, 2.45) is 0 Å². The molecule has 1 aliphatic carbocycles. The van der Waals surface area contributed by atoms with E-state index in [2.05, 4.69) is 17.3 Å². The van der Waals surface area contributed by atoms with E-state index in [0.717, 1.165) is 50.0 Å². The zero-order chi connectivity index (χ0) is 16.9. The van der Waals surface area contributed by atoms with Crippen LogP contribution in [0.1, 0.15) is 31.2 Å². The number of benzene rings is 1. The normalized spacial score (nSPS) is 22.7. The van der Waals surface area contributed by atoms with Crippen molar-refractivity contribution >= 4 is 21.6 Å². The summed E-state index contributed by atoms with van der Waals surface area (Å²) in [6, 6.07) is 5.26. The molecule has 1 saturated carbocycles. The van der Waals surface area contributed by atoms with E-state index in [1.165, 1.54) is 0 Å². The Morgan fingerprint density at radius 1 is 1.12 bits per heavy atom. The zero-order valence-electron chi connectivity index (χ0n) is 13.9. The first-order valence-electron chi connectivity index (χ1n) is 8.60. The molecule has 0 radical (unpaired) electrons. The number of hydrogen-bond acceptors (Lipinski definition) is 4. The molecule has 1 saturated heterocycles. The van der Waals surface area contributed by atoms with Crippen molar-refractivity contribution in [2.45, 2.75) is 49.1 Å². The van der Waals surface area contributed by atoms with Gasteiger partial charge in [0.1, 0.15) is 0 Å². The van der Waals surface area contributed by atoms with Crippen LogP contribution in [-0.4, -0.2) is 55.8 Å². The summed E-state index contributed by atoms with van der Waals surface area (Å²) >= 11 is 0. The minimum absolute atomic E-state index is 0.0751. The number of nitrogens with one attached hydrogen (secondary N) is 1. The maximum absolute atomic E-state index is 13.3. The second kappa shape index (κ2) is 5.82. The number of likely N-dealkylation sites (tertiary alicyclic amines) is 1. The molecule has 1 N–H and O–H groups in total. The average molecular weight is 349 g/mol. The number of rotatable bonds is 4. The molecule has 1 aromatic rings. The molecule has 6 nitrogen and oxygen atoms in total. The van der Waals surface area contributed by atoms with Crippen LogP contribution in [0, 0.1) is 0 Å². The van der Waals surface area contributed by atoms with Crippen LogP contribution in [0.25, 0.3) is 0 Å². The summed E-state index contributed by atoms with van der Waals surface area (Å²) in [5.74, 6) is -0.0751. The van der Waals surface area contributed by atoms with Crippen LogP contribution < -0.4 is 5.32 Å². The molecule has 0 aromatic heterocycles. The van der Waals surface area contributed by atoms with Crippen molar-refractivity contribution in [3.05, 3.63) is 23.8 Å². The van der Waals surface area contributed by atoms with E-state index < -0.39 is 10.0 Å². The molecule has 0 unspecified atom stereocenters. The lowest BCUT2D eigenvalue weighted by molar-refractivity contribution is -0.115. The monoisotopic (exact) mass is 349 g/mol. The van der Waals surface area contributed by atoms with E-state index in [0.29, 0.717) is 4.90 Å². The minimum atomic E-state index is -3.52. The zero-order valence-corrected chi connectivity index (χ0v) is 14.7. The SMILES string of the molecule is CN1CCC(N(C2CC2)S(=O)(=O)c2ccc3c(c2)CC(=O)N3)CC1. The van der Waals surface area contributed by atoms with Crippen LogP contribution in [0.4, 0.5) is 5.69 Å². The predicted molar refractivity (Wildman–Crippen MR) is 91.3 cm³/mol. The highest BCUT2D eigenvalue weighted by molar-refractivity contribution is 7.89. The molecule has 0 atom stereocenters. The standard InChI is InChI=1S/C17H23N3O3S/c1-19-8-6-14(7-9-19)20(13-2-3-13)24(22,23)15-4-5-16-12(10-15)11-17(21)18-16/h4-5,10,13-14H,2-3,6-9,11H2,1H3,(H,18,21). The highest BCUT2D eigenvalue weighted by Gasteiger charge is 2.43. The maximum Gasteiger partial charge on any atom is 0.243 e. The van der Waals surface area contributed by atoms with Crippen molar-refractivity contribution in [3.63, 3.8) is 0 Å². The van der Waals surface area contributed by atoms with E-state index in [4.69, 9.17) is 0 Å². The number of amides is 1. The molecule has 2 heterocycles. The molecule has 4 rings (SSSR count). The summed E-state index contributed by atoms with van der Waals surface area (Å²) in [6.45, 7) is 1.87. The van der Waals surface area contributed by atoms with Crippen molar-refractivity contribution in [2.75, 3.05) is 25.5 Å². The second-order valence-corrected chi connectivity index (χ2v) is 8.99. The Morgan fingerprint density at radius 3 is 2.46 bits per heavy atom. The Hall–Kier alpha value is -1.44. The van der Waals surface area contributed by atoms with Gasteiger partial charge >= 0.3 is 0 Å². The average Bonchev–Trinajstić information content (AvgIpc) is 3.28. The fourth-order valence-corrected chi connectivity index (χ4v) is 5.74. The van der Waals surface area contributed by atoms with Crippen LogP contribution in [0.15, 0.2) is 23.1 Å². The smallest absolute Gasteiger partial charge is 0.243 e. The number of piperidine rings is 1. The van der Waals surface area contributed by atoms with Crippen LogP contribution in [0.3, 0.4) is 0 Å². The number of nitrogens with zero attached hydrogens (tertiary/aromatic N) is 2. The van der Waals surface area contributed by atoms with Crippen molar-refractivity contribution in [3.8, 4) is 0 Å². The molecule has 130 valence electrons. The van der Waals surface area contributed by atoms with Gasteiger partial charge in [-0.1, -0.05) is 0 Å². The Bertz CT molecular complexity index is 765. The van der Waals surface area contributed by atoms with E-state index in [1.54, 1.807) is 22.5 Å². The number of anilines is 1. The largest absolute Gasteiger partial charge is 0.326 e. The summed E-state index contributed by atoms with van der Waals surface area (Å²) in [5, 5.41) is 2.76. The number of carbonyl (C=O) groups is 1. The summed E-state index contributed by atoms with van der Waals surface area (Å²) in [5.41, 5.74) is 1.51. The maximum atomic E-state index is 13.3. The van der Waals surface area contributed by atoms with Crippen molar-refractivity contribution < 1.29 is 13.2 Å². The van der Waals surface area contributed by atoms with E-state index in [1.807, 2.05) is 0 Å². The van der Waals surface area contributed by atoms with Gasteiger partial charge in [0, 0.05) is 17.8 Å². The second-order valence-electron chi connectivity index (χ2n) is 7.14. The van der Waals surface area contributed by atoms with Gasteiger partial charge < -0.3 is 10.2 Å². The van der Waals surface area contributed by atoms with Gasteiger partial charge in [-0.2, -0.15) is 4.31 Å². The van der Waals surface area contributed by atoms with Crippen molar-refractivity contribution in [1.82, 2.24) is 9.21 Å². The van der Waals surface area contributed by atoms with Gasteiger partial charge in [-0.3, -0.25) is 4.79 Å². The Kier molecular flexibility index (Phi) is 3.89.